The average Bonchev–Trinajstić information content (AvgIpc) is 3.35. The highest BCUT2D eigenvalue weighted by Gasteiger charge is 2.29. The minimum Gasteiger partial charge on any atom is -0.329 e. The largest absolute Gasteiger partial charge is 0.329 e. The molecule has 1 aliphatic rings. The van der Waals surface area contributed by atoms with Crippen LogP contribution in [-0.2, 0) is 12.8 Å². The summed E-state index contributed by atoms with van der Waals surface area (Å²) in [6, 6.07) is 13.4. The molecular weight excluding hydrogens is 508 g/mol. The van der Waals surface area contributed by atoms with Gasteiger partial charge >= 0.3 is 0 Å². The Labute approximate surface area is 234 Å². The Bertz CT molecular complexity index is 1330. The number of aldehydes is 1. The van der Waals surface area contributed by atoms with Gasteiger partial charge in [0.1, 0.15) is 10.5 Å². The van der Waals surface area contributed by atoms with Crippen LogP contribution < -0.4 is 16.4 Å². The molecule has 0 saturated carbocycles. The predicted molar refractivity (Wildman–Crippen MR) is 159 cm³/mol. The number of thiophene rings is 1. The fourth-order valence-electron chi connectivity index (χ4n) is 4.22. The van der Waals surface area contributed by atoms with E-state index in [2.05, 4.69) is 47.4 Å². The molecule has 0 fully saturated rings. The van der Waals surface area contributed by atoms with E-state index in [4.69, 9.17) is 10.7 Å². The number of para-hydroxylation sites is 1. The Balaban J connectivity index is 0.000000188. The summed E-state index contributed by atoms with van der Waals surface area (Å²) in [6.07, 6.45) is 8.78. The van der Waals surface area contributed by atoms with E-state index in [0.29, 0.717) is 11.1 Å². The molecule has 4 aromatic rings. The second-order valence-corrected chi connectivity index (χ2v) is 11.4. The van der Waals surface area contributed by atoms with Crippen LogP contribution in [0.25, 0.3) is 10.2 Å². The van der Waals surface area contributed by atoms with Crippen LogP contribution in [0.15, 0.2) is 61.1 Å². The van der Waals surface area contributed by atoms with Gasteiger partial charge in [0.05, 0.1) is 11.1 Å². The molecule has 0 bridgehead atoms. The van der Waals surface area contributed by atoms with Gasteiger partial charge < -0.3 is 16.4 Å². The molecule has 1 amide bonds. The zero-order valence-electron chi connectivity index (χ0n) is 23.1. The Morgan fingerprint density at radius 1 is 1.18 bits per heavy atom. The molecule has 0 aliphatic heterocycles. The number of rotatable bonds is 5. The van der Waals surface area contributed by atoms with Crippen molar-refractivity contribution in [2.75, 3.05) is 25.5 Å². The van der Waals surface area contributed by atoms with Gasteiger partial charge in [0.15, 0.2) is 6.29 Å². The number of hydrogen-bond donors (Lipinski definition) is 3. The maximum atomic E-state index is 11.6. The van der Waals surface area contributed by atoms with Crippen molar-refractivity contribution in [3.8, 4) is 0 Å². The monoisotopic (exact) mass is 546 g/mol. The van der Waals surface area contributed by atoms with E-state index < -0.39 is 0 Å². The van der Waals surface area contributed by atoms with E-state index in [1.165, 1.54) is 47.6 Å². The van der Waals surface area contributed by atoms with E-state index in [1.54, 1.807) is 0 Å². The van der Waals surface area contributed by atoms with Crippen molar-refractivity contribution in [3.63, 3.8) is 0 Å². The summed E-state index contributed by atoms with van der Waals surface area (Å²) < 4.78 is 0. The summed E-state index contributed by atoms with van der Waals surface area (Å²) >= 11 is 1.50. The molecule has 5 rings (SSSR count). The quantitative estimate of drug-likeness (QED) is 0.296. The van der Waals surface area contributed by atoms with E-state index in [-0.39, 0.29) is 5.91 Å². The fraction of sp³-hybridized carbons (Fsp3) is 0.367. The Morgan fingerprint density at radius 3 is 2.54 bits per heavy atom. The zero-order valence-corrected chi connectivity index (χ0v) is 23.9. The fourth-order valence-corrected chi connectivity index (χ4v) is 5.07. The average molecular weight is 547 g/mol. The lowest BCUT2D eigenvalue weighted by Crippen LogP contribution is -2.27. The zero-order chi connectivity index (χ0) is 28.3. The molecule has 0 saturated heterocycles. The lowest BCUT2D eigenvalue weighted by molar-refractivity contribution is 0.102. The SMILES string of the molecule is CC(C)(C)C1CCc2nc3sc(C=O)cc3cc2C1.CNCCN.O=C(Nc1ccccc1)c1cnccn1. The van der Waals surface area contributed by atoms with Gasteiger partial charge in [-0.25, -0.2) is 9.97 Å². The van der Waals surface area contributed by atoms with Gasteiger partial charge in [-0.1, -0.05) is 39.0 Å². The molecule has 8 nitrogen and oxygen atoms in total. The van der Waals surface area contributed by atoms with Crippen LogP contribution in [-0.4, -0.2) is 47.3 Å². The van der Waals surface area contributed by atoms with Gasteiger partial charge in [0.2, 0.25) is 0 Å². The molecular formula is C30H38N6O2S. The number of nitrogens with zero attached hydrogens (tertiary/aromatic N) is 3. The molecule has 1 unspecified atom stereocenters. The number of likely N-dealkylation sites (N-methyl/N-ethyl adjacent to an activating group) is 1. The van der Waals surface area contributed by atoms with E-state index >= 15 is 0 Å². The molecule has 9 heteroatoms. The van der Waals surface area contributed by atoms with E-state index in [1.807, 2.05) is 43.4 Å². The van der Waals surface area contributed by atoms with E-state index in [0.717, 1.165) is 58.9 Å². The van der Waals surface area contributed by atoms with Gasteiger partial charge in [-0.15, -0.1) is 11.3 Å². The Morgan fingerprint density at radius 2 is 1.95 bits per heavy atom. The number of nitrogens with two attached hydrogens (primary N) is 1. The van der Waals surface area contributed by atoms with Crippen molar-refractivity contribution < 1.29 is 9.59 Å². The molecule has 4 N–H and O–H groups in total. The van der Waals surface area contributed by atoms with Gasteiger partial charge in [0, 0.05) is 42.3 Å². The summed E-state index contributed by atoms with van der Waals surface area (Å²) in [5.41, 5.74) is 9.11. The molecule has 1 atom stereocenters. The van der Waals surface area contributed by atoms with Crippen LogP contribution in [0.5, 0.6) is 0 Å². The smallest absolute Gasteiger partial charge is 0.275 e. The highest BCUT2D eigenvalue weighted by Crippen LogP contribution is 2.38. The van der Waals surface area contributed by atoms with Crippen LogP contribution in [0.3, 0.4) is 0 Å². The molecule has 0 radical (unpaired) electrons. The second-order valence-electron chi connectivity index (χ2n) is 10.4. The summed E-state index contributed by atoms with van der Waals surface area (Å²) in [6.45, 7) is 8.62. The number of fused-ring (bicyclic) bond motifs is 2. The van der Waals surface area contributed by atoms with Crippen LogP contribution in [0.2, 0.25) is 0 Å². The molecule has 1 aromatic carbocycles. The standard InChI is InChI=1S/C16H19NOS.C11H9N3O.C3H10N2/c1-16(2,3)12-4-5-14-10(7-12)6-11-8-13(9-18)19-15(11)17-14;15-11(10-8-12-6-7-13-10)14-9-4-2-1-3-5-9;1-5-3-2-4/h6,8-9,12H,4-5,7H2,1-3H3;1-8H,(H,14,15);5H,2-4H2,1H3. The topological polar surface area (TPSA) is 123 Å². The first-order chi connectivity index (χ1) is 18.7. The molecule has 1 aliphatic carbocycles. The molecule has 39 heavy (non-hydrogen) atoms. The first-order valence-corrected chi connectivity index (χ1v) is 13.9. The Hall–Kier alpha value is -3.53. The Kier molecular flexibility index (Phi) is 11.2. The lowest BCUT2D eigenvalue weighted by atomic mass is 9.71. The number of carbonyl (C=O) groups is 2. The molecule has 3 aromatic heterocycles. The number of pyridine rings is 1. The molecule has 0 spiro atoms. The number of carbonyl (C=O) groups excluding carboxylic acids is 2. The number of nitrogens with one attached hydrogen (secondary N) is 2. The van der Waals surface area contributed by atoms with Crippen LogP contribution in [0.1, 0.15) is 58.6 Å². The maximum Gasteiger partial charge on any atom is 0.275 e. The minimum atomic E-state index is -0.255. The highest BCUT2D eigenvalue weighted by atomic mass is 32.1. The molecule has 206 valence electrons. The van der Waals surface area contributed by atoms with Crippen molar-refractivity contribution in [2.45, 2.75) is 40.0 Å². The van der Waals surface area contributed by atoms with E-state index in [9.17, 15) is 9.59 Å². The second kappa shape index (κ2) is 14.6. The number of aryl methyl sites for hydroxylation is 1. The first kappa shape index (κ1) is 30.0. The van der Waals surface area contributed by atoms with Crippen LogP contribution in [0, 0.1) is 11.3 Å². The van der Waals surface area contributed by atoms with Crippen molar-refractivity contribution >= 4 is 39.4 Å². The summed E-state index contributed by atoms with van der Waals surface area (Å²) in [5.74, 6) is 0.470. The summed E-state index contributed by atoms with van der Waals surface area (Å²) in [7, 11) is 1.88. The lowest BCUT2D eigenvalue weighted by Gasteiger charge is -2.34. The van der Waals surface area contributed by atoms with Crippen LogP contribution >= 0.6 is 11.3 Å². The summed E-state index contributed by atoms with van der Waals surface area (Å²) in [5, 5.41) is 6.73. The van der Waals surface area contributed by atoms with Crippen LogP contribution in [0.4, 0.5) is 5.69 Å². The molecule has 3 heterocycles. The summed E-state index contributed by atoms with van der Waals surface area (Å²) in [4.78, 5) is 36.7. The normalized spacial score (nSPS) is 14.2. The van der Waals surface area contributed by atoms with Crippen molar-refractivity contribution in [2.24, 2.45) is 17.1 Å². The number of anilines is 1. The number of hydrogen-bond acceptors (Lipinski definition) is 8. The first-order valence-electron chi connectivity index (χ1n) is 13.1. The number of benzene rings is 1. The third kappa shape index (κ3) is 9.02. The van der Waals surface area contributed by atoms with Crippen molar-refractivity contribution in [1.29, 1.82) is 0 Å². The van der Waals surface area contributed by atoms with Gasteiger partial charge in [-0.2, -0.15) is 0 Å². The third-order valence-electron chi connectivity index (χ3n) is 6.45. The van der Waals surface area contributed by atoms with Gasteiger partial charge in [-0.05, 0) is 67.5 Å². The number of aromatic nitrogens is 3. The predicted octanol–water partition coefficient (Wildman–Crippen LogP) is 5.15. The highest BCUT2D eigenvalue weighted by molar-refractivity contribution is 7.20. The maximum absolute atomic E-state index is 11.6. The van der Waals surface area contributed by atoms with Gasteiger partial charge in [0.25, 0.3) is 5.91 Å². The number of amides is 1. The third-order valence-corrected chi connectivity index (χ3v) is 7.42. The van der Waals surface area contributed by atoms with Crippen molar-refractivity contribution in [3.05, 3.63) is 82.9 Å². The van der Waals surface area contributed by atoms with Gasteiger partial charge in [-0.3, -0.25) is 14.6 Å². The minimum absolute atomic E-state index is 0.255. The van der Waals surface area contributed by atoms with Crippen molar-refractivity contribution in [1.82, 2.24) is 20.3 Å².